The van der Waals surface area contributed by atoms with Crippen molar-refractivity contribution in [1.82, 2.24) is 4.98 Å². The third-order valence-electron chi connectivity index (χ3n) is 5.62. The second-order valence-corrected chi connectivity index (χ2v) is 8.39. The van der Waals surface area contributed by atoms with E-state index in [0.29, 0.717) is 25.2 Å². The van der Waals surface area contributed by atoms with Crippen LogP contribution in [0.5, 0.6) is 0 Å². The van der Waals surface area contributed by atoms with Gasteiger partial charge in [0, 0.05) is 19.2 Å². The Balaban J connectivity index is 0.000000365. The van der Waals surface area contributed by atoms with Crippen molar-refractivity contribution >= 4 is 23.3 Å². The molecule has 9 nitrogen and oxygen atoms in total. The number of aliphatic hydroxyl groups excluding tert-OH is 3. The number of carbonyl (C=O) groups is 2. The zero-order chi connectivity index (χ0) is 27.4. The summed E-state index contributed by atoms with van der Waals surface area (Å²) in [5.41, 5.74) is 1.06. The van der Waals surface area contributed by atoms with Crippen molar-refractivity contribution in [2.24, 2.45) is 0 Å². The molecule has 1 aliphatic rings. The summed E-state index contributed by atoms with van der Waals surface area (Å²) in [6.07, 6.45) is 4.14. The van der Waals surface area contributed by atoms with Crippen LogP contribution in [0.25, 0.3) is 22.0 Å². The molecule has 0 saturated carbocycles. The number of H-pyrrole nitrogens is 1. The van der Waals surface area contributed by atoms with E-state index >= 15 is 0 Å². The van der Waals surface area contributed by atoms with Crippen LogP contribution in [-0.4, -0.2) is 75.0 Å². The molecule has 1 saturated heterocycles. The van der Waals surface area contributed by atoms with Gasteiger partial charge in [-0.3, -0.25) is 4.79 Å². The number of aromatic carboxylic acids is 1. The van der Waals surface area contributed by atoms with Crippen molar-refractivity contribution in [3.63, 3.8) is 0 Å². The SMILES string of the molecule is O=C(O)c1c[nH]c2cc(F)c(-c3ccc(CCCCCO)cc3)c(F)c12.O=CO.OC1COCC(O)C1. The lowest BCUT2D eigenvalue weighted by molar-refractivity contribution is -0.122. The topological polar surface area (TPSA) is 160 Å². The van der Waals surface area contributed by atoms with Gasteiger partial charge in [0.1, 0.15) is 11.6 Å². The molecule has 3 aromatic rings. The monoisotopic (exact) mass is 523 g/mol. The number of aromatic amines is 1. The average molecular weight is 524 g/mol. The molecule has 2 heterocycles. The van der Waals surface area contributed by atoms with Crippen LogP contribution in [0.1, 0.15) is 41.6 Å². The van der Waals surface area contributed by atoms with Crippen LogP contribution < -0.4 is 0 Å². The Hall–Kier alpha value is -3.38. The lowest BCUT2D eigenvalue weighted by Gasteiger charge is -2.21. The van der Waals surface area contributed by atoms with Crippen LogP contribution in [0.3, 0.4) is 0 Å². The van der Waals surface area contributed by atoms with Crippen LogP contribution in [0.4, 0.5) is 8.78 Å². The van der Waals surface area contributed by atoms with Gasteiger partial charge in [0.15, 0.2) is 0 Å². The van der Waals surface area contributed by atoms with E-state index in [0.717, 1.165) is 43.5 Å². The van der Waals surface area contributed by atoms with Gasteiger partial charge < -0.3 is 35.3 Å². The third kappa shape index (κ3) is 8.60. The fourth-order valence-electron chi connectivity index (χ4n) is 3.90. The molecule has 0 spiro atoms. The van der Waals surface area contributed by atoms with E-state index in [2.05, 4.69) is 4.98 Å². The summed E-state index contributed by atoms with van der Waals surface area (Å²) in [4.78, 5) is 22.2. The molecule has 11 heteroatoms. The largest absolute Gasteiger partial charge is 0.483 e. The van der Waals surface area contributed by atoms with Crippen LogP contribution in [0.15, 0.2) is 36.5 Å². The Labute approximate surface area is 212 Å². The van der Waals surface area contributed by atoms with Crippen molar-refractivity contribution in [3.8, 4) is 11.1 Å². The number of ether oxygens (including phenoxy) is 1. The highest BCUT2D eigenvalue weighted by molar-refractivity contribution is 6.04. The first-order valence-electron chi connectivity index (χ1n) is 11.7. The molecular weight excluding hydrogens is 492 g/mol. The molecule has 0 amide bonds. The Morgan fingerprint density at radius 3 is 2.22 bits per heavy atom. The fourth-order valence-corrected chi connectivity index (χ4v) is 3.90. The van der Waals surface area contributed by atoms with Gasteiger partial charge in [-0.25, -0.2) is 13.6 Å². The van der Waals surface area contributed by atoms with Crippen molar-refractivity contribution < 1.29 is 48.6 Å². The van der Waals surface area contributed by atoms with E-state index in [-0.39, 0.29) is 35.1 Å². The number of aromatic nitrogens is 1. The Kier molecular flexibility index (Phi) is 12.1. The average Bonchev–Trinajstić information content (AvgIpc) is 3.28. The van der Waals surface area contributed by atoms with E-state index in [1.807, 2.05) is 12.1 Å². The Morgan fingerprint density at radius 1 is 1.08 bits per heavy atom. The van der Waals surface area contributed by atoms with Crippen LogP contribution >= 0.6 is 0 Å². The predicted molar refractivity (Wildman–Crippen MR) is 131 cm³/mol. The minimum absolute atomic E-state index is 0.113. The highest BCUT2D eigenvalue weighted by atomic mass is 19.1. The molecule has 2 atom stereocenters. The minimum Gasteiger partial charge on any atom is -0.483 e. The molecule has 37 heavy (non-hydrogen) atoms. The third-order valence-corrected chi connectivity index (χ3v) is 5.62. The maximum atomic E-state index is 14.9. The number of carboxylic acids is 1. The highest BCUT2D eigenvalue weighted by Gasteiger charge is 2.21. The molecule has 4 rings (SSSR count). The number of nitrogens with one attached hydrogen (secondary N) is 1. The molecular formula is C26H31F2NO8. The standard InChI is InChI=1S/C20H19F2NO3.C5H10O3.CH2O2/c21-15-10-16-18(14(11-23-16)20(25)26)19(22)17(15)13-7-5-12(6-8-13)4-2-1-3-9-24;6-4-1-5(7)3-8-2-4;2-1-3/h5-8,10-11,23-24H,1-4,9H2,(H,25,26);4-7H,1-3H2;1H,(H,2,3). The van der Waals surface area contributed by atoms with Crippen LogP contribution in [0.2, 0.25) is 0 Å². The number of unbranched alkanes of at least 4 members (excludes halogenated alkanes) is 2. The van der Waals surface area contributed by atoms with Gasteiger partial charge in [-0.15, -0.1) is 0 Å². The predicted octanol–water partition coefficient (Wildman–Crippen LogP) is 3.35. The van der Waals surface area contributed by atoms with Crippen LogP contribution in [0, 0.1) is 11.6 Å². The summed E-state index contributed by atoms with van der Waals surface area (Å²) < 4.78 is 34.1. The number of aliphatic hydroxyl groups is 3. The summed E-state index contributed by atoms with van der Waals surface area (Å²) in [6.45, 7) is 0.672. The Bertz CT molecular complexity index is 1140. The van der Waals surface area contributed by atoms with Crippen molar-refractivity contribution in [2.45, 2.75) is 44.3 Å². The highest BCUT2D eigenvalue weighted by Crippen LogP contribution is 2.33. The van der Waals surface area contributed by atoms with E-state index in [9.17, 15) is 18.7 Å². The summed E-state index contributed by atoms with van der Waals surface area (Å²) in [5, 5.41) is 42.3. The molecule has 1 aliphatic heterocycles. The maximum Gasteiger partial charge on any atom is 0.337 e. The summed E-state index contributed by atoms with van der Waals surface area (Å²) >= 11 is 0. The van der Waals surface area contributed by atoms with Gasteiger partial charge >= 0.3 is 5.97 Å². The normalized spacial score (nSPS) is 16.8. The summed E-state index contributed by atoms with van der Waals surface area (Å²) in [6, 6.07) is 8.02. The number of carboxylic acid groups (broad SMARTS) is 2. The molecule has 0 bridgehead atoms. The maximum absolute atomic E-state index is 14.9. The molecule has 1 aromatic heterocycles. The fraction of sp³-hybridized carbons (Fsp3) is 0.385. The number of halogens is 2. The van der Waals surface area contributed by atoms with Crippen LogP contribution in [-0.2, 0) is 16.0 Å². The first-order chi connectivity index (χ1) is 17.7. The second-order valence-electron chi connectivity index (χ2n) is 8.39. The molecule has 202 valence electrons. The number of benzene rings is 2. The first kappa shape index (κ1) is 29.8. The van der Waals surface area contributed by atoms with E-state index in [4.69, 9.17) is 30.0 Å². The van der Waals surface area contributed by atoms with Crippen molar-refractivity contribution in [3.05, 3.63) is 59.3 Å². The van der Waals surface area contributed by atoms with Gasteiger partial charge in [0.25, 0.3) is 6.47 Å². The second kappa shape index (κ2) is 15.0. The molecule has 6 N–H and O–H groups in total. The molecule has 1 fully saturated rings. The van der Waals surface area contributed by atoms with Gasteiger partial charge in [-0.2, -0.15) is 0 Å². The van der Waals surface area contributed by atoms with Gasteiger partial charge in [-0.05, 0) is 36.5 Å². The number of rotatable bonds is 7. The number of aryl methyl sites for hydroxylation is 1. The molecule has 0 radical (unpaired) electrons. The zero-order valence-electron chi connectivity index (χ0n) is 20.1. The van der Waals surface area contributed by atoms with E-state index < -0.39 is 29.8 Å². The summed E-state index contributed by atoms with van der Waals surface area (Å²) in [7, 11) is 0. The number of hydrogen-bond acceptors (Lipinski definition) is 6. The minimum atomic E-state index is -1.27. The van der Waals surface area contributed by atoms with Gasteiger partial charge in [-0.1, -0.05) is 30.7 Å². The van der Waals surface area contributed by atoms with Crippen molar-refractivity contribution in [2.75, 3.05) is 19.8 Å². The van der Waals surface area contributed by atoms with Gasteiger partial charge in [0.2, 0.25) is 0 Å². The van der Waals surface area contributed by atoms with Crippen molar-refractivity contribution in [1.29, 1.82) is 0 Å². The lowest BCUT2D eigenvalue weighted by Crippen LogP contribution is -2.32. The molecule has 0 aliphatic carbocycles. The quantitative estimate of drug-likeness (QED) is 0.203. The van der Waals surface area contributed by atoms with Gasteiger partial charge in [0.05, 0.1) is 47.5 Å². The molecule has 2 unspecified atom stereocenters. The smallest absolute Gasteiger partial charge is 0.337 e. The zero-order valence-corrected chi connectivity index (χ0v) is 20.1. The van der Waals surface area contributed by atoms with E-state index in [1.165, 1.54) is 0 Å². The molecule has 2 aromatic carbocycles. The van der Waals surface area contributed by atoms with E-state index in [1.54, 1.807) is 12.1 Å². The Morgan fingerprint density at radius 2 is 1.70 bits per heavy atom. The lowest BCUT2D eigenvalue weighted by atomic mass is 9.98. The summed E-state index contributed by atoms with van der Waals surface area (Å²) in [5.74, 6) is -2.90. The first-order valence-corrected chi connectivity index (χ1v) is 11.7. The number of hydrogen-bond donors (Lipinski definition) is 6. The number of fused-ring (bicyclic) bond motifs is 1.